The van der Waals surface area contributed by atoms with Crippen molar-refractivity contribution in [3.63, 3.8) is 0 Å². The van der Waals surface area contributed by atoms with Crippen LogP contribution < -0.4 is 10.5 Å². The molecule has 20 heavy (non-hydrogen) atoms. The maximum absolute atomic E-state index is 5.79. The lowest BCUT2D eigenvalue weighted by Gasteiger charge is -2.10. The second-order valence-corrected chi connectivity index (χ2v) is 5.20. The van der Waals surface area contributed by atoms with E-state index in [-0.39, 0.29) is 6.04 Å². The Morgan fingerprint density at radius 2 is 1.70 bits per heavy atom. The second kappa shape index (κ2) is 6.53. The van der Waals surface area contributed by atoms with Crippen LogP contribution in [0.2, 0.25) is 0 Å². The average Bonchev–Trinajstić information content (AvgIpc) is 2.48. The molecule has 1 aromatic carbocycles. The molecule has 2 aromatic rings. The van der Waals surface area contributed by atoms with E-state index >= 15 is 0 Å². The predicted octanol–water partition coefficient (Wildman–Crippen LogP) is 4.41. The number of hydrogen-bond acceptors (Lipinski definition) is 3. The van der Waals surface area contributed by atoms with Crippen LogP contribution in [-0.4, -0.2) is 4.98 Å². The Bertz CT molecular complexity index is 532. The van der Waals surface area contributed by atoms with Crippen molar-refractivity contribution in [1.82, 2.24) is 4.98 Å². The van der Waals surface area contributed by atoms with Crippen molar-refractivity contribution in [2.45, 2.75) is 39.2 Å². The Kier molecular flexibility index (Phi) is 4.74. The van der Waals surface area contributed by atoms with Gasteiger partial charge in [0.05, 0.1) is 0 Å². The summed E-state index contributed by atoms with van der Waals surface area (Å²) in [4.78, 5) is 4.27. The molecule has 0 bridgehead atoms. The van der Waals surface area contributed by atoms with E-state index in [1.54, 1.807) is 6.20 Å². The molecule has 2 rings (SSSR count). The van der Waals surface area contributed by atoms with Crippen molar-refractivity contribution in [2.24, 2.45) is 5.73 Å². The Balaban J connectivity index is 2.06. The van der Waals surface area contributed by atoms with E-state index in [4.69, 9.17) is 10.5 Å². The lowest BCUT2D eigenvalue weighted by atomic mass is 9.99. The van der Waals surface area contributed by atoms with Gasteiger partial charge in [-0.3, -0.25) is 0 Å². The van der Waals surface area contributed by atoms with Gasteiger partial charge in [-0.1, -0.05) is 32.0 Å². The van der Waals surface area contributed by atoms with Gasteiger partial charge in [0.1, 0.15) is 5.75 Å². The molecule has 1 heterocycles. The van der Waals surface area contributed by atoms with Gasteiger partial charge >= 0.3 is 0 Å². The summed E-state index contributed by atoms with van der Waals surface area (Å²) >= 11 is 0. The van der Waals surface area contributed by atoms with Crippen LogP contribution >= 0.6 is 0 Å². The van der Waals surface area contributed by atoms with E-state index in [1.165, 1.54) is 5.56 Å². The molecule has 0 amide bonds. The number of nitrogens with zero attached hydrogens (tertiary/aromatic N) is 1. The van der Waals surface area contributed by atoms with Crippen molar-refractivity contribution in [3.05, 3.63) is 53.7 Å². The summed E-state index contributed by atoms with van der Waals surface area (Å²) in [6, 6.07) is 12.0. The van der Waals surface area contributed by atoms with E-state index in [2.05, 4.69) is 31.0 Å². The number of pyridine rings is 1. The minimum absolute atomic E-state index is 0.00800. The number of rotatable bonds is 5. The fourth-order valence-corrected chi connectivity index (χ4v) is 1.94. The van der Waals surface area contributed by atoms with Gasteiger partial charge in [0, 0.05) is 18.3 Å². The van der Waals surface area contributed by atoms with E-state index in [0.717, 1.165) is 17.7 Å². The number of hydrogen-bond donors (Lipinski definition) is 1. The summed E-state index contributed by atoms with van der Waals surface area (Å²) in [6.07, 6.45) is 2.90. The number of ether oxygens (including phenoxy) is 1. The fraction of sp³-hybridized carbons (Fsp3) is 0.353. The van der Waals surface area contributed by atoms with Gasteiger partial charge in [-0.2, -0.15) is 0 Å². The van der Waals surface area contributed by atoms with E-state index in [9.17, 15) is 0 Å². The Labute approximate surface area is 120 Å². The monoisotopic (exact) mass is 270 g/mol. The van der Waals surface area contributed by atoms with Crippen molar-refractivity contribution in [3.8, 4) is 11.6 Å². The van der Waals surface area contributed by atoms with Crippen molar-refractivity contribution in [2.75, 3.05) is 0 Å². The SMILES string of the molecule is CCC(C)c1ccc(Oc2ccc([C@H](C)N)cn2)cc1. The largest absolute Gasteiger partial charge is 0.439 e. The van der Waals surface area contributed by atoms with Crippen LogP contribution in [0.4, 0.5) is 0 Å². The first-order chi connectivity index (χ1) is 9.60. The van der Waals surface area contributed by atoms with Crippen LogP contribution in [-0.2, 0) is 0 Å². The Morgan fingerprint density at radius 3 is 2.20 bits per heavy atom. The summed E-state index contributed by atoms with van der Waals surface area (Å²) in [6.45, 7) is 6.36. The van der Waals surface area contributed by atoms with Crippen LogP contribution in [0.5, 0.6) is 11.6 Å². The summed E-state index contributed by atoms with van der Waals surface area (Å²) in [5, 5.41) is 0. The Morgan fingerprint density at radius 1 is 1.05 bits per heavy atom. The van der Waals surface area contributed by atoms with Gasteiger partial charge in [0.15, 0.2) is 0 Å². The van der Waals surface area contributed by atoms with Gasteiger partial charge in [0.25, 0.3) is 0 Å². The molecule has 0 saturated heterocycles. The van der Waals surface area contributed by atoms with E-state index < -0.39 is 0 Å². The van der Waals surface area contributed by atoms with E-state index in [1.807, 2.05) is 31.2 Å². The fourth-order valence-electron chi connectivity index (χ4n) is 1.94. The van der Waals surface area contributed by atoms with Crippen molar-refractivity contribution in [1.29, 1.82) is 0 Å². The van der Waals surface area contributed by atoms with E-state index in [0.29, 0.717) is 11.8 Å². The highest BCUT2D eigenvalue weighted by Crippen LogP contribution is 2.24. The first-order valence-corrected chi connectivity index (χ1v) is 7.09. The normalized spacial score (nSPS) is 13.8. The molecule has 0 spiro atoms. The molecular weight excluding hydrogens is 248 g/mol. The lowest BCUT2D eigenvalue weighted by molar-refractivity contribution is 0.462. The zero-order valence-corrected chi connectivity index (χ0v) is 12.3. The van der Waals surface area contributed by atoms with Gasteiger partial charge in [-0.25, -0.2) is 4.98 Å². The molecule has 3 heteroatoms. The maximum atomic E-state index is 5.79. The summed E-state index contributed by atoms with van der Waals surface area (Å²) < 4.78 is 5.73. The molecule has 2 atom stereocenters. The third-order valence-electron chi connectivity index (χ3n) is 3.57. The molecule has 0 fully saturated rings. The zero-order valence-electron chi connectivity index (χ0n) is 12.3. The highest BCUT2D eigenvalue weighted by molar-refractivity contribution is 5.32. The number of benzene rings is 1. The van der Waals surface area contributed by atoms with Crippen LogP contribution in [0.25, 0.3) is 0 Å². The minimum atomic E-state index is -0.00800. The Hall–Kier alpha value is -1.87. The number of nitrogens with two attached hydrogens (primary N) is 1. The van der Waals surface area contributed by atoms with Gasteiger partial charge in [0.2, 0.25) is 5.88 Å². The van der Waals surface area contributed by atoms with Gasteiger partial charge < -0.3 is 10.5 Å². The van der Waals surface area contributed by atoms with Gasteiger partial charge in [-0.05, 0) is 42.5 Å². The average molecular weight is 270 g/mol. The zero-order chi connectivity index (χ0) is 14.5. The molecule has 0 radical (unpaired) electrons. The molecule has 2 N–H and O–H groups in total. The quantitative estimate of drug-likeness (QED) is 0.875. The third-order valence-corrected chi connectivity index (χ3v) is 3.57. The van der Waals surface area contributed by atoms with Crippen LogP contribution in [0.15, 0.2) is 42.6 Å². The van der Waals surface area contributed by atoms with Crippen LogP contribution in [0, 0.1) is 0 Å². The molecule has 1 aromatic heterocycles. The minimum Gasteiger partial charge on any atom is -0.439 e. The standard InChI is InChI=1S/C17H22N2O/c1-4-12(2)14-5-8-16(9-6-14)20-17-10-7-15(11-19-17)13(3)18/h5-13H,4,18H2,1-3H3/t12?,13-/m0/s1. The summed E-state index contributed by atoms with van der Waals surface area (Å²) in [5.41, 5.74) is 8.13. The first-order valence-electron chi connectivity index (χ1n) is 7.09. The molecular formula is C17H22N2O. The second-order valence-electron chi connectivity index (χ2n) is 5.20. The molecule has 0 saturated carbocycles. The smallest absolute Gasteiger partial charge is 0.219 e. The predicted molar refractivity (Wildman–Crippen MR) is 82.1 cm³/mol. The van der Waals surface area contributed by atoms with Crippen LogP contribution in [0.1, 0.15) is 50.3 Å². The molecule has 1 unspecified atom stereocenters. The highest BCUT2D eigenvalue weighted by atomic mass is 16.5. The van der Waals surface area contributed by atoms with Crippen molar-refractivity contribution < 1.29 is 4.74 Å². The maximum Gasteiger partial charge on any atom is 0.219 e. The van der Waals surface area contributed by atoms with Gasteiger partial charge in [-0.15, -0.1) is 0 Å². The molecule has 0 aliphatic carbocycles. The number of aromatic nitrogens is 1. The topological polar surface area (TPSA) is 48.1 Å². The lowest BCUT2D eigenvalue weighted by Crippen LogP contribution is -2.05. The molecule has 106 valence electrons. The summed E-state index contributed by atoms with van der Waals surface area (Å²) in [7, 11) is 0. The summed E-state index contributed by atoms with van der Waals surface area (Å²) in [5.74, 6) is 1.97. The molecule has 0 aliphatic rings. The molecule has 3 nitrogen and oxygen atoms in total. The van der Waals surface area contributed by atoms with Crippen molar-refractivity contribution >= 4 is 0 Å². The molecule has 0 aliphatic heterocycles. The highest BCUT2D eigenvalue weighted by Gasteiger charge is 2.05. The third kappa shape index (κ3) is 3.58. The first kappa shape index (κ1) is 14.5. The van der Waals surface area contributed by atoms with Crippen LogP contribution in [0.3, 0.4) is 0 Å².